The average molecular weight is 422 g/mol. The second kappa shape index (κ2) is 9.83. The molecule has 1 atom stereocenters. The van der Waals surface area contributed by atoms with Crippen molar-refractivity contribution in [3.8, 4) is 0 Å². The van der Waals surface area contributed by atoms with Crippen molar-refractivity contribution in [2.24, 2.45) is 0 Å². The molecule has 0 spiro atoms. The van der Waals surface area contributed by atoms with Crippen molar-refractivity contribution in [2.75, 3.05) is 48.7 Å². The van der Waals surface area contributed by atoms with E-state index in [1.54, 1.807) is 0 Å². The Morgan fingerprint density at radius 1 is 0.968 bits per heavy atom. The van der Waals surface area contributed by atoms with Gasteiger partial charge in [0.25, 0.3) is 0 Å². The summed E-state index contributed by atoms with van der Waals surface area (Å²) in [5, 5.41) is 5.61. The number of nitrogen functional groups attached to an aromatic ring is 1. The Kier molecular flexibility index (Phi) is 6.72. The van der Waals surface area contributed by atoms with Crippen molar-refractivity contribution in [2.45, 2.75) is 31.7 Å². The van der Waals surface area contributed by atoms with Gasteiger partial charge >= 0.3 is 0 Å². The number of nitrogens with one attached hydrogen (secondary N) is 2. The van der Waals surface area contributed by atoms with Crippen LogP contribution in [-0.4, -0.2) is 55.5 Å². The maximum Gasteiger partial charge on any atom is 0.249 e. The topological polar surface area (TPSA) is 90.7 Å². The third kappa shape index (κ3) is 5.76. The first-order valence-electron chi connectivity index (χ1n) is 11.1. The largest absolute Gasteiger partial charge is 0.399 e. The summed E-state index contributed by atoms with van der Waals surface area (Å²) >= 11 is 0. The van der Waals surface area contributed by atoms with Crippen LogP contribution in [0.1, 0.15) is 24.8 Å². The molecule has 0 bridgehead atoms. The van der Waals surface area contributed by atoms with E-state index in [1.165, 1.54) is 11.3 Å². The summed E-state index contributed by atoms with van der Waals surface area (Å²) in [7, 11) is 0. The Morgan fingerprint density at radius 2 is 1.68 bits per heavy atom. The number of aryl methyl sites for hydroxylation is 1. The van der Waals surface area contributed by atoms with E-state index in [1.807, 2.05) is 24.3 Å². The molecule has 164 valence electrons. The van der Waals surface area contributed by atoms with Crippen molar-refractivity contribution >= 4 is 28.9 Å². The summed E-state index contributed by atoms with van der Waals surface area (Å²) in [6.07, 6.45) is 3.16. The van der Waals surface area contributed by atoms with E-state index in [0.29, 0.717) is 12.8 Å². The molecule has 2 amide bonds. The number of rotatable bonds is 7. The smallest absolute Gasteiger partial charge is 0.249 e. The Labute approximate surface area is 183 Å². The predicted molar refractivity (Wildman–Crippen MR) is 124 cm³/mol. The minimum Gasteiger partial charge on any atom is -0.399 e. The molecule has 31 heavy (non-hydrogen) atoms. The van der Waals surface area contributed by atoms with Gasteiger partial charge in [0.05, 0.1) is 0 Å². The van der Waals surface area contributed by atoms with Crippen LogP contribution in [0.25, 0.3) is 0 Å². The van der Waals surface area contributed by atoms with E-state index in [0.717, 1.165) is 56.9 Å². The average Bonchev–Trinajstić information content (AvgIpc) is 2.78. The highest BCUT2D eigenvalue weighted by molar-refractivity contribution is 6.01. The number of hydrogen-bond donors (Lipinski definition) is 3. The molecule has 0 radical (unpaired) electrons. The predicted octanol–water partition coefficient (Wildman–Crippen LogP) is 2.24. The van der Waals surface area contributed by atoms with Crippen molar-refractivity contribution < 1.29 is 9.59 Å². The van der Waals surface area contributed by atoms with E-state index in [2.05, 4.69) is 44.7 Å². The zero-order chi connectivity index (χ0) is 21.6. The lowest BCUT2D eigenvalue weighted by molar-refractivity contribution is -0.133. The maximum atomic E-state index is 11.9. The molecule has 2 fully saturated rings. The quantitative estimate of drug-likeness (QED) is 0.469. The molecule has 0 aromatic heterocycles. The highest BCUT2D eigenvalue weighted by Gasteiger charge is 2.26. The standard InChI is InChI=1S/C24H31N5O2/c25-19-5-3-18(4-6-19)2-1-13-28-14-16-29(17-15-28)21-9-7-20(8-10-21)26-22-11-12-23(30)27-24(22)31/h3-10,22,26H,1-2,11-17,25H2,(H,27,30,31). The number of nitrogens with two attached hydrogens (primary N) is 1. The number of piperazine rings is 1. The number of imide groups is 1. The summed E-state index contributed by atoms with van der Waals surface area (Å²) in [5.41, 5.74) is 10.0. The number of carbonyl (C=O) groups is 2. The lowest BCUT2D eigenvalue weighted by atomic mass is 10.1. The molecular formula is C24H31N5O2. The Balaban J connectivity index is 1.20. The number of anilines is 3. The first kappa shape index (κ1) is 21.2. The van der Waals surface area contributed by atoms with Crippen LogP contribution in [0.5, 0.6) is 0 Å². The van der Waals surface area contributed by atoms with E-state index >= 15 is 0 Å². The van der Waals surface area contributed by atoms with Crippen LogP contribution in [0.15, 0.2) is 48.5 Å². The van der Waals surface area contributed by atoms with Gasteiger partial charge in [-0.25, -0.2) is 0 Å². The fourth-order valence-electron chi connectivity index (χ4n) is 4.22. The van der Waals surface area contributed by atoms with Gasteiger partial charge in [-0.2, -0.15) is 0 Å². The lowest BCUT2D eigenvalue weighted by Gasteiger charge is -2.36. The van der Waals surface area contributed by atoms with Crippen LogP contribution in [0.4, 0.5) is 17.1 Å². The number of piperidine rings is 1. The van der Waals surface area contributed by atoms with Crippen molar-refractivity contribution in [3.05, 3.63) is 54.1 Å². The molecule has 2 aromatic rings. The molecule has 2 saturated heterocycles. The van der Waals surface area contributed by atoms with Crippen LogP contribution in [0, 0.1) is 0 Å². The Bertz CT molecular complexity index is 889. The van der Waals surface area contributed by atoms with Gasteiger partial charge in [-0.3, -0.25) is 19.8 Å². The third-order valence-corrected chi connectivity index (χ3v) is 6.10. The van der Waals surface area contributed by atoms with Crippen LogP contribution >= 0.6 is 0 Å². The molecular weight excluding hydrogens is 390 g/mol. The van der Waals surface area contributed by atoms with Crippen molar-refractivity contribution in [1.82, 2.24) is 10.2 Å². The molecule has 4 N–H and O–H groups in total. The maximum absolute atomic E-state index is 11.9. The molecule has 7 heteroatoms. The fraction of sp³-hybridized carbons (Fsp3) is 0.417. The normalized spacial score (nSPS) is 19.9. The summed E-state index contributed by atoms with van der Waals surface area (Å²) < 4.78 is 0. The van der Waals surface area contributed by atoms with E-state index in [-0.39, 0.29) is 17.9 Å². The zero-order valence-corrected chi connectivity index (χ0v) is 17.8. The molecule has 2 heterocycles. The highest BCUT2D eigenvalue weighted by Crippen LogP contribution is 2.21. The van der Waals surface area contributed by atoms with E-state index in [4.69, 9.17) is 5.73 Å². The number of benzene rings is 2. The number of hydrogen-bond acceptors (Lipinski definition) is 6. The van der Waals surface area contributed by atoms with Gasteiger partial charge in [0, 0.05) is 49.7 Å². The van der Waals surface area contributed by atoms with Gasteiger partial charge in [0.15, 0.2) is 0 Å². The minimum absolute atomic E-state index is 0.192. The Hall–Kier alpha value is -3.06. The summed E-state index contributed by atoms with van der Waals surface area (Å²) in [5.74, 6) is -0.435. The fourth-order valence-corrected chi connectivity index (χ4v) is 4.22. The molecule has 4 rings (SSSR count). The molecule has 1 unspecified atom stereocenters. The molecule has 0 saturated carbocycles. The second-order valence-electron chi connectivity index (χ2n) is 8.37. The SMILES string of the molecule is Nc1ccc(CCCN2CCN(c3ccc(NC4CCC(=O)NC4=O)cc3)CC2)cc1. The number of nitrogens with zero attached hydrogens (tertiary/aromatic N) is 2. The van der Waals surface area contributed by atoms with Crippen molar-refractivity contribution in [1.29, 1.82) is 0 Å². The lowest BCUT2D eigenvalue weighted by Crippen LogP contribution is -2.47. The van der Waals surface area contributed by atoms with E-state index < -0.39 is 0 Å². The van der Waals surface area contributed by atoms with Crippen LogP contribution in [0.2, 0.25) is 0 Å². The second-order valence-corrected chi connectivity index (χ2v) is 8.37. The molecule has 0 aliphatic carbocycles. The van der Waals surface area contributed by atoms with Crippen LogP contribution < -0.4 is 21.3 Å². The summed E-state index contributed by atoms with van der Waals surface area (Å²) in [6, 6.07) is 16.1. The zero-order valence-electron chi connectivity index (χ0n) is 17.8. The van der Waals surface area contributed by atoms with Gasteiger partial charge in [-0.1, -0.05) is 12.1 Å². The van der Waals surface area contributed by atoms with Crippen LogP contribution in [0.3, 0.4) is 0 Å². The van der Waals surface area contributed by atoms with Gasteiger partial charge in [0.2, 0.25) is 11.8 Å². The minimum atomic E-state index is -0.347. The molecule has 2 aliphatic heterocycles. The van der Waals surface area contributed by atoms with Crippen LogP contribution in [-0.2, 0) is 16.0 Å². The Morgan fingerprint density at radius 3 is 2.35 bits per heavy atom. The first-order valence-corrected chi connectivity index (χ1v) is 11.1. The molecule has 2 aliphatic rings. The summed E-state index contributed by atoms with van der Waals surface area (Å²) in [4.78, 5) is 28.1. The van der Waals surface area contributed by atoms with Gasteiger partial charge in [0.1, 0.15) is 6.04 Å². The number of carbonyl (C=O) groups excluding carboxylic acids is 2. The molecule has 2 aromatic carbocycles. The molecule has 7 nitrogen and oxygen atoms in total. The van der Waals surface area contributed by atoms with Gasteiger partial charge < -0.3 is 16.0 Å². The van der Waals surface area contributed by atoms with Crippen molar-refractivity contribution in [3.63, 3.8) is 0 Å². The third-order valence-electron chi connectivity index (χ3n) is 6.10. The van der Waals surface area contributed by atoms with Gasteiger partial charge in [-0.15, -0.1) is 0 Å². The highest BCUT2D eigenvalue weighted by atomic mass is 16.2. The monoisotopic (exact) mass is 421 g/mol. The van der Waals surface area contributed by atoms with E-state index in [9.17, 15) is 9.59 Å². The van der Waals surface area contributed by atoms with Gasteiger partial charge in [-0.05, 0) is 67.8 Å². The first-order chi connectivity index (χ1) is 15.1. The number of amides is 2. The summed E-state index contributed by atoms with van der Waals surface area (Å²) in [6.45, 7) is 5.28.